The van der Waals surface area contributed by atoms with Crippen LogP contribution in [0.15, 0.2) is 21.5 Å². The highest BCUT2D eigenvalue weighted by molar-refractivity contribution is 9.09. The molecule has 1 unspecified atom stereocenters. The summed E-state index contributed by atoms with van der Waals surface area (Å²) in [5.41, 5.74) is 3.44. The Bertz CT molecular complexity index is 373. The molecular weight excluding hydrogens is 280 g/mol. The Morgan fingerprint density at radius 3 is 1.94 bits per heavy atom. The van der Waals surface area contributed by atoms with Crippen LogP contribution in [-0.2, 0) is 0 Å². The van der Waals surface area contributed by atoms with Crippen LogP contribution in [0.25, 0.3) is 0 Å². The van der Waals surface area contributed by atoms with Crippen LogP contribution >= 0.6 is 26.4 Å². The molecule has 0 amide bonds. The van der Waals surface area contributed by atoms with Gasteiger partial charge in [-0.2, -0.15) is 0 Å². The van der Waals surface area contributed by atoms with Gasteiger partial charge in [-0.15, -0.1) is 10.5 Å². The maximum atomic E-state index is 4.28. The summed E-state index contributed by atoms with van der Waals surface area (Å²) in [4.78, 5) is 1.48. The van der Waals surface area contributed by atoms with Crippen LogP contribution in [0.5, 0.6) is 0 Å². The van der Waals surface area contributed by atoms with E-state index in [0.717, 1.165) is 5.33 Å². The molecular formula is C14H23BrS. The van der Waals surface area contributed by atoms with Crippen molar-refractivity contribution in [3.63, 3.8) is 0 Å². The van der Waals surface area contributed by atoms with Gasteiger partial charge in [0.05, 0.1) is 0 Å². The molecule has 0 saturated carbocycles. The van der Waals surface area contributed by atoms with Crippen molar-refractivity contribution in [1.82, 2.24) is 0 Å². The molecule has 0 fully saturated rings. The largest absolute Gasteiger partial charge is 0.141 e. The normalized spacial score (nSPS) is 22.7. The maximum absolute atomic E-state index is 4.28. The first kappa shape index (κ1) is 14.2. The first-order valence-electron chi connectivity index (χ1n) is 5.64. The highest BCUT2D eigenvalue weighted by Crippen LogP contribution is 2.52. The zero-order valence-electron chi connectivity index (χ0n) is 11.3. The molecule has 1 rings (SSSR count). The van der Waals surface area contributed by atoms with Crippen molar-refractivity contribution in [2.75, 3.05) is 5.33 Å². The standard InChI is InChI=1S/C14H23BrS/c1-13(2,3)10-9-16(7)11(8-15)12(10)14(4,5)6/h9H,7-8H2,1-6H3. The lowest BCUT2D eigenvalue weighted by molar-refractivity contribution is 0.447. The smallest absolute Gasteiger partial charge is 0.0344 e. The van der Waals surface area contributed by atoms with Crippen LogP contribution in [0, 0.1) is 10.8 Å². The zero-order valence-corrected chi connectivity index (χ0v) is 13.7. The Labute approximate surface area is 111 Å². The fourth-order valence-electron chi connectivity index (χ4n) is 2.06. The molecule has 92 valence electrons. The van der Waals surface area contributed by atoms with Gasteiger partial charge in [0.1, 0.15) is 0 Å². The van der Waals surface area contributed by atoms with Gasteiger partial charge in [-0.05, 0) is 32.3 Å². The van der Waals surface area contributed by atoms with Crippen LogP contribution in [0.1, 0.15) is 41.5 Å². The molecule has 1 aliphatic rings. The second kappa shape index (κ2) is 4.45. The monoisotopic (exact) mass is 302 g/mol. The lowest BCUT2D eigenvalue weighted by Gasteiger charge is -2.31. The van der Waals surface area contributed by atoms with E-state index in [1.807, 2.05) is 0 Å². The Hall–Kier alpha value is 0.180. The molecule has 0 aromatic carbocycles. The van der Waals surface area contributed by atoms with E-state index < -0.39 is 0 Å². The summed E-state index contributed by atoms with van der Waals surface area (Å²) in [6.07, 6.45) is 0. The van der Waals surface area contributed by atoms with E-state index in [4.69, 9.17) is 0 Å². The van der Waals surface area contributed by atoms with E-state index in [1.54, 1.807) is 0 Å². The maximum Gasteiger partial charge on any atom is 0.0344 e. The quantitative estimate of drug-likeness (QED) is 0.454. The highest BCUT2D eigenvalue weighted by Gasteiger charge is 2.34. The molecule has 0 saturated heterocycles. The van der Waals surface area contributed by atoms with Gasteiger partial charge in [0.25, 0.3) is 0 Å². The molecule has 0 bridgehead atoms. The molecule has 0 radical (unpaired) electrons. The Morgan fingerprint density at radius 1 is 1.12 bits per heavy atom. The van der Waals surface area contributed by atoms with E-state index in [2.05, 4.69) is 68.8 Å². The number of halogens is 1. The molecule has 0 nitrogen and oxygen atoms in total. The molecule has 0 aliphatic carbocycles. The van der Waals surface area contributed by atoms with Crippen molar-refractivity contribution in [3.05, 3.63) is 21.5 Å². The number of alkyl halides is 1. The van der Waals surface area contributed by atoms with Crippen molar-refractivity contribution in [3.8, 4) is 0 Å². The second-order valence-electron chi connectivity index (χ2n) is 6.39. The Balaban J connectivity index is 3.39. The number of hydrogen-bond acceptors (Lipinski definition) is 0. The molecule has 16 heavy (non-hydrogen) atoms. The Morgan fingerprint density at radius 2 is 1.62 bits per heavy atom. The van der Waals surface area contributed by atoms with E-state index >= 15 is 0 Å². The second-order valence-corrected chi connectivity index (χ2v) is 8.54. The average molecular weight is 303 g/mol. The molecule has 0 spiro atoms. The molecule has 2 heteroatoms. The van der Waals surface area contributed by atoms with Gasteiger partial charge in [0.15, 0.2) is 0 Å². The average Bonchev–Trinajstić information content (AvgIpc) is 2.40. The van der Waals surface area contributed by atoms with Crippen LogP contribution < -0.4 is 0 Å². The lowest BCUT2D eigenvalue weighted by atomic mass is 9.73. The molecule has 0 aromatic rings. The van der Waals surface area contributed by atoms with Crippen molar-refractivity contribution in [1.29, 1.82) is 0 Å². The van der Waals surface area contributed by atoms with Gasteiger partial charge in [-0.25, -0.2) is 0 Å². The van der Waals surface area contributed by atoms with Gasteiger partial charge in [0, 0.05) is 5.33 Å². The van der Waals surface area contributed by atoms with Crippen LogP contribution in [0.2, 0.25) is 0 Å². The summed E-state index contributed by atoms with van der Waals surface area (Å²) in [5.74, 6) is 4.28. The van der Waals surface area contributed by atoms with Crippen molar-refractivity contribution in [2.24, 2.45) is 10.8 Å². The summed E-state index contributed by atoms with van der Waals surface area (Å²) in [6.45, 7) is 13.8. The van der Waals surface area contributed by atoms with Crippen LogP contribution in [-0.4, -0.2) is 11.2 Å². The minimum Gasteiger partial charge on any atom is -0.141 e. The fourth-order valence-corrected chi connectivity index (χ4v) is 4.94. The first-order valence-corrected chi connectivity index (χ1v) is 8.22. The summed E-state index contributed by atoms with van der Waals surface area (Å²) >= 11 is 3.62. The molecule has 1 aliphatic heterocycles. The van der Waals surface area contributed by atoms with E-state index in [1.165, 1.54) is 16.1 Å². The topological polar surface area (TPSA) is 0 Å². The van der Waals surface area contributed by atoms with E-state index in [9.17, 15) is 0 Å². The highest BCUT2D eigenvalue weighted by atomic mass is 79.9. The van der Waals surface area contributed by atoms with Crippen molar-refractivity contribution >= 4 is 32.3 Å². The third kappa shape index (κ3) is 2.70. The number of rotatable bonds is 1. The van der Waals surface area contributed by atoms with E-state index in [0.29, 0.717) is 0 Å². The lowest BCUT2D eigenvalue weighted by Crippen LogP contribution is -2.19. The third-order valence-corrected chi connectivity index (χ3v) is 5.24. The SMILES string of the molecule is C=S1C=C(C(C)(C)C)C(C(C)(C)C)=C1CBr. The zero-order chi connectivity index (χ0) is 12.7. The van der Waals surface area contributed by atoms with Gasteiger partial charge in [-0.1, -0.05) is 63.3 Å². The minimum absolute atomic E-state index is 0.0570. The minimum atomic E-state index is 0.0570. The van der Waals surface area contributed by atoms with Crippen LogP contribution in [0.3, 0.4) is 0 Å². The van der Waals surface area contributed by atoms with Crippen LogP contribution in [0.4, 0.5) is 0 Å². The molecule has 1 atom stereocenters. The summed E-state index contributed by atoms with van der Waals surface area (Å²) in [7, 11) is 0.0570. The van der Waals surface area contributed by atoms with Crippen molar-refractivity contribution in [2.45, 2.75) is 41.5 Å². The number of hydrogen-bond donors (Lipinski definition) is 0. The number of allylic oxidation sites excluding steroid dienone is 3. The molecule has 0 aromatic heterocycles. The predicted molar refractivity (Wildman–Crippen MR) is 82.5 cm³/mol. The summed E-state index contributed by atoms with van der Waals surface area (Å²) < 4.78 is 0. The van der Waals surface area contributed by atoms with E-state index in [-0.39, 0.29) is 21.3 Å². The first-order chi connectivity index (χ1) is 7.09. The Kier molecular flexibility index (Phi) is 3.96. The molecule has 1 heterocycles. The van der Waals surface area contributed by atoms with Gasteiger partial charge < -0.3 is 0 Å². The van der Waals surface area contributed by atoms with Gasteiger partial charge >= 0.3 is 0 Å². The molecule has 0 N–H and O–H groups in total. The van der Waals surface area contributed by atoms with Gasteiger partial charge in [-0.3, -0.25) is 0 Å². The fraction of sp³-hybridized carbons (Fsp3) is 0.643. The summed E-state index contributed by atoms with van der Waals surface area (Å²) in [6, 6.07) is 0. The predicted octanol–water partition coefficient (Wildman–Crippen LogP) is 5.33. The van der Waals surface area contributed by atoms with Gasteiger partial charge in [0.2, 0.25) is 0 Å². The van der Waals surface area contributed by atoms with Crippen molar-refractivity contribution < 1.29 is 0 Å². The summed E-state index contributed by atoms with van der Waals surface area (Å²) in [5, 5.41) is 3.32. The third-order valence-electron chi connectivity index (χ3n) is 2.80.